The smallest absolute Gasteiger partial charge is 0.222 e. The molecule has 1 atom stereocenters. The van der Waals surface area contributed by atoms with Gasteiger partial charge in [0.2, 0.25) is 5.91 Å². The number of aliphatic imine (C=N–C) groups is 1. The van der Waals surface area contributed by atoms with E-state index in [9.17, 15) is 4.79 Å². The Kier molecular flexibility index (Phi) is 6.57. The molecule has 1 aromatic heterocycles. The molecule has 0 saturated heterocycles. The van der Waals surface area contributed by atoms with Gasteiger partial charge in [0.05, 0.1) is 12.6 Å². The van der Waals surface area contributed by atoms with Crippen molar-refractivity contribution in [2.45, 2.75) is 53.1 Å². The molecule has 0 saturated carbocycles. The highest BCUT2D eigenvalue weighted by molar-refractivity contribution is 5.80. The molecule has 1 aliphatic heterocycles. The number of fused-ring (bicyclic) bond motifs is 1. The first-order valence-electron chi connectivity index (χ1n) is 8.75. The van der Waals surface area contributed by atoms with E-state index in [1.807, 2.05) is 32.4 Å². The number of rotatable bonds is 6. The van der Waals surface area contributed by atoms with Gasteiger partial charge >= 0.3 is 0 Å². The summed E-state index contributed by atoms with van der Waals surface area (Å²) >= 11 is 0. The lowest BCUT2D eigenvalue weighted by Crippen LogP contribution is -2.42. The minimum Gasteiger partial charge on any atom is -0.357 e. The highest BCUT2D eigenvalue weighted by Crippen LogP contribution is 2.22. The maximum atomic E-state index is 11.6. The van der Waals surface area contributed by atoms with Crippen LogP contribution in [0.15, 0.2) is 4.99 Å². The van der Waals surface area contributed by atoms with Gasteiger partial charge < -0.3 is 16.0 Å². The van der Waals surface area contributed by atoms with Crippen LogP contribution < -0.4 is 16.0 Å². The molecule has 1 aromatic rings. The summed E-state index contributed by atoms with van der Waals surface area (Å²) < 4.78 is 1.98. The summed E-state index contributed by atoms with van der Waals surface area (Å²) in [6.07, 6.45) is 2.07. The molecule has 1 unspecified atom stereocenters. The van der Waals surface area contributed by atoms with Gasteiger partial charge in [-0.25, -0.2) is 9.67 Å². The predicted octanol–water partition coefficient (Wildman–Crippen LogP) is 0.749. The van der Waals surface area contributed by atoms with E-state index in [1.165, 1.54) is 0 Å². The summed E-state index contributed by atoms with van der Waals surface area (Å²) in [7, 11) is 0. The number of carbonyl (C=O) groups is 1. The first-order chi connectivity index (χ1) is 11.5. The molecule has 0 aromatic carbocycles. The van der Waals surface area contributed by atoms with Crippen molar-refractivity contribution in [1.82, 2.24) is 30.7 Å². The zero-order valence-electron chi connectivity index (χ0n) is 15.1. The third-order valence-electron chi connectivity index (χ3n) is 3.84. The molecule has 24 heavy (non-hydrogen) atoms. The molecule has 0 fully saturated rings. The molecule has 0 radical (unpaired) electrons. The van der Waals surface area contributed by atoms with E-state index in [0.29, 0.717) is 13.1 Å². The van der Waals surface area contributed by atoms with Crippen LogP contribution in [0.2, 0.25) is 0 Å². The van der Waals surface area contributed by atoms with E-state index in [2.05, 4.69) is 31.0 Å². The monoisotopic (exact) mass is 335 g/mol. The van der Waals surface area contributed by atoms with Gasteiger partial charge in [-0.05, 0) is 26.7 Å². The van der Waals surface area contributed by atoms with Crippen molar-refractivity contribution >= 4 is 11.9 Å². The first-order valence-corrected chi connectivity index (χ1v) is 8.75. The third kappa shape index (κ3) is 4.94. The average molecular weight is 335 g/mol. The molecule has 8 heteroatoms. The predicted molar refractivity (Wildman–Crippen MR) is 93.7 cm³/mol. The van der Waals surface area contributed by atoms with Crippen LogP contribution in [0.1, 0.15) is 51.3 Å². The summed E-state index contributed by atoms with van der Waals surface area (Å²) in [5.74, 6) is 2.57. The van der Waals surface area contributed by atoms with Gasteiger partial charge in [-0.3, -0.25) is 9.79 Å². The standard InChI is InChI=1S/C16H29N7O/c1-5-17-16(19-9-8-18-15(24)11(2)3)21-13-7-6-10-23-14(13)20-12(4)22-23/h11,13H,5-10H2,1-4H3,(H,18,24)(H2,17,19,21). The lowest BCUT2D eigenvalue weighted by Gasteiger charge is -2.25. The Morgan fingerprint density at radius 1 is 1.42 bits per heavy atom. The Hall–Kier alpha value is -2.12. The van der Waals surface area contributed by atoms with Crippen molar-refractivity contribution in [1.29, 1.82) is 0 Å². The number of guanidine groups is 1. The summed E-state index contributed by atoms with van der Waals surface area (Å²) in [5, 5.41) is 14.0. The van der Waals surface area contributed by atoms with Crippen LogP contribution in [-0.2, 0) is 11.3 Å². The Bertz CT molecular complexity index is 579. The van der Waals surface area contributed by atoms with Crippen LogP contribution in [0.5, 0.6) is 0 Å². The van der Waals surface area contributed by atoms with E-state index < -0.39 is 0 Å². The number of nitrogens with one attached hydrogen (secondary N) is 3. The van der Waals surface area contributed by atoms with E-state index in [1.54, 1.807) is 0 Å². The van der Waals surface area contributed by atoms with Crippen molar-refractivity contribution in [3.8, 4) is 0 Å². The second-order valence-electron chi connectivity index (χ2n) is 6.29. The molecule has 0 spiro atoms. The van der Waals surface area contributed by atoms with Crippen molar-refractivity contribution in [3.05, 3.63) is 11.6 Å². The van der Waals surface area contributed by atoms with Crippen LogP contribution in [0, 0.1) is 12.8 Å². The average Bonchev–Trinajstić information content (AvgIpc) is 2.92. The molecule has 2 rings (SSSR count). The Morgan fingerprint density at radius 3 is 2.92 bits per heavy atom. The normalized spacial score (nSPS) is 17.5. The van der Waals surface area contributed by atoms with E-state index in [4.69, 9.17) is 0 Å². The van der Waals surface area contributed by atoms with Gasteiger partial charge in [0.25, 0.3) is 0 Å². The van der Waals surface area contributed by atoms with Crippen LogP contribution in [0.3, 0.4) is 0 Å². The number of nitrogens with zero attached hydrogens (tertiary/aromatic N) is 4. The van der Waals surface area contributed by atoms with Crippen LogP contribution >= 0.6 is 0 Å². The zero-order valence-corrected chi connectivity index (χ0v) is 15.1. The van der Waals surface area contributed by atoms with Gasteiger partial charge in [-0.1, -0.05) is 13.8 Å². The summed E-state index contributed by atoms with van der Waals surface area (Å²) in [6, 6.07) is 0.114. The molecule has 134 valence electrons. The molecule has 1 amide bonds. The molecule has 0 bridgehead atoms. The van der Waals surface area contributed by atoms with Crippen LogP contribution in [-0.4, -0.2) is 46.3 Å². The summed E-state index contributed by atoms with van der Waals surface area (Å²) in [6.45, 7) is 10.5. The fourth-order valence-electron chi connectivity index (χ4n) is 2.64. The van der Waals surface area contributed by atoms with E-state index in [0.717, 1.165) is 43.5 Å². The molecular formula is C16H29N7O. The molecule has 8 nitrogen and oxygen atoms in total. The van der Waals surface area contributed by atoms with E-state index in [-0.39, 0.29) is 17.9 Å². The largest absolute Gasteiger partial charge is 0.357 e. The topological polar surface area (TPSA) is 96.2 Å². The number of carbonyl (C=O) groups excluding carboxylic acids is 1. The molecular weight excluding hydrogens is 306 g/mol. The molecule has 2 heterocycles. The lowest BCUT2D eigenvalue weighted by molar-refractivity contribution is -0.123. The molecule has 3 N–H and O–H groups in total. The highest BCUT2D eigenvalue weighted by Gasteiger charge is 2.24. The van der Waals surface area contributed by atoms with Crippen molar-refractivity contribution in [3.63, 3.8) is 0 Å². The maximum Gasteiger partial charge on any atom is 0.222 e. The minimum absolute atomic E-state index is 0.00261. The number of aryl methyl sites for hydroxylation is 2. The fourth-order valence-corrected chi connectivity index (χ4v) is 2.64. The van der Waals surface area contributed by atoms with Gasteiger partial charge in [0.15, 0.2) is 5.96 Å². The van der Waals surface area contributed by atoms with Gasteiger partial charge in [-0.2, -0.15) is 5.10 Å². The minimum atomic E-state index is -0.00261. The van der Waals surface area contributed by atoms with Crippen molar-refractivity contribution in [2.24, 2.45) is 10.9 Å². The van der Waals surface area contributed by atoms with Crippen LogP contribution in [0.4, 0.5) is 0 Å². The second kappa shape index (κ2) is 8.65. The van der Waals surface area contributed by atoms with Crippen molar-refractivity contribution < 1.29 is 4.79 Å². The maximum absolute atomic E-state index is 11.6. The molecule has 0 aliphatic carbocycles. The third-order valence-corrected chi connectivity index (χ3v) is 3.84. The Balaban J connectivity index is 1.93. The Morgan fingerprint density at radius 2 is 2.21 bits per heavy atom. The molecule has 1 aliphatic rings. The van der Waals surface area contributed by atoms with Crippen LogP contribution in [0.25, 0.3) is 0 Å². The van der Waals surface area contributed by atoms with E-state index >= 15 is 0 Å². The number of hydrogen-bond acceptors (Lipinski definition) is 4. The number of hydrogen-bond donors (Lipinski definition) is 3. The zero-order chi connectivity index (χ0) is 17.5. The summed E-state index contributed by atoms with van der Waals surface area (Å²) in [4.78, 5) is 20.6. The number of amides is 1. The lowest BCUT2D eigenvalue weighted by atomic mass is 10.1. The second-order valence-corrected chi connectivity index (χ2v) is 6.29. The van der Waals surface area contributed by atoms with Gasteiger partial charge in [-0.15, -0.1) is 0 Å². The first kappa shape index (κ1) is 18.2. The van der Waals surface area contributed by atoms with Crippen molar-refractivity contribution in [2.75, 3.05) is 19.6 Å². The number of aromatic nitrogens is 3. The van der Waals surface area contributed by atoms with Gasteiger partial charge in [0.1, 0.15) is 11.6 Å². The SMILES string of the molecule is CCNC(=NCCNC(=O)C(C)C)NC1CCCn2nc(C)nc21. The van der Waals surface area contributed by atoms with Gasteiger partial charge in [0, 0.05) is 25.6 Å². The summed E-state index contributed by atoms with van der Waals surface area (Å²) in [5.41, 5.74) is 0. The quantitative estimate of drug-likeness (QED) is 0.405. The fraction of sp³-hybridized carbons (Fsp3) is 0.750. The highest BCUT2D eigenvalue weighted by atomic mass is 16.1. The Labute approximate surface area is 143 Å².